The lowest BCUT2D eigenvalue weighted by molar-refractivity contribution is 0.426. The van der Waals surface area contributed by atoms with Crippen molar-refractivity contribution in [2.45, 2.75) is 0 Å². The summed E-state index contributed by atoms with van der Waals surface area (Å²) in [6.07, 6.45) is 0. The summed E-state index contributed by atoms with van der Waals surface area (Å²) >= 11 is 11.6. The SMILES string of the molecule is N#C/C(=N\Nc1cc(B(O)O)c(Cl)cc1Cl)C(=N)N. The van der Waals surface area contributed by atoms with Crippen molar-refractivity contribution in [1.82, 2.24) is 0 Å². The Labute approximate surface area is 118 Å². The average molecular weight is 300 g/mol. The molecule has 0 aliphatic rings. The Kier molecular flexibility index (Phi) is 5.15. The normalized spacial score (nSPS) is 10.8. The topological polar surface area (TPSA) is 139 Å². The van der Waals surface area contributed by atoms with Crippen LogP contribution in [0.1, 0.15) is 0 Å². The molecule has 6 N–H and O–H groups in total. The Bertz CT molecular complexity index is 585. The van der Waals surface area contributed by atoms with E-state index in [0.29, 0.717) is 0 Å². The zero-order chi connectivity index (χ0) is 14.6. The second-order valence-corrected chi connectivity index (χ2v) is 4.14. The molecule has 1 aromatic carbocycles. The van der Waals surface area contributed by atoms with Crippen LogP contribution >= 0.6 is 23.2 Å². The van der Waals surface area contributed by atoms with Gasteiger partial charge >= 0.3 is 7.12 Å². The second-order valence-electron chi connectivity index (χ2n) is 3.32. The standard InChI is InChI=1S/C9H8BCl2N5O2/c11-5-2-6(12)7(1-4(5)10(18)19)16-17-8(3-13)9(14)15/h1-2,16,18-19H,(H3,14,15)/b17-8+. The maximum Gasteiger partial charge on any atom is 0.490 e. The van der Waals surface area contributed by atoms with Gasteiger partial charge in [0.15, 0.2) is 5.84 Å². The third-order valence-electron chi connectivity index (χ3n) is 2.01. The van der Waals surface area contributed by atoms with Crippen LogP contribution in [0.25, 0.3) is 0 Å². The van der Waals surface area contributed by atoms with Crippen molar-refractivity contribution >= 4 is 53.0 Å². The summed E-state index contributed by atoms with van der Waals surface area (Å²) in [6, 6.07) is 4.16. The second kappa shape index (κ2) is 6.40. The number of nitriles is 1. The zero-order valence-electron chi connectivity index (χ0n) is 9.35. The molecular formula is C9H8BCl2N5O2. The number of nitrogens with zero attached hydrogens (tertiary/aromatic N) is 2. The Hall–Kier alpha value is -1.79. The van der Waals surface area contributed by atoms with Gasteiger partial charge in [0.25, 0.3) is 0 Å². The molecule has 10 heteroatoms. The molecule has 0 aromatic heterocycles. The summed E-state index contributed by atoms with van der Waals surface area (Å²) in [5, 5.41) is 37.7. The molecule has 98 valence electrons. The summed E-state index contributed by atoms with van der Waals surface area (Å²) in [6.45, 7) is 0. The molecule has 1 aromatic rings. The number of nitrogens with one attached hydrogen (secondary N) is 2. The van der Waals surface area contributed by atoms with Gasteiger partial charge in [0.05, 0.1) is 10.7 Å². The summed E-state index contributed by atoms with van der Waals surface area (Å²) in [5.41, 5.74) is 7.37. The Morgan fingerprint density at radius 3 is 2.53 bits per heavy atom. The van der Waals surface area contributed by atoms with Crippen molar-refractivity contribution < 1.29 is 10.0 Å². The number of rotatable bonds is 4. The van der Waals surface area contributed by atoms with E-state index in [1.54, 1.807) is 6.07 Å². The molecule has 0 amide bonds. The molecule has 0 atom stereocenters. The van der Waals surface area contributed by atoms with Crippen LogP contribution in [-0.4, -0.2) is 28.7 Å². The van der Waals surface area contributed by atoms with E-state index in [4.69, 9.17) is 49.7 Å². The average Bonchev–Trinajstić information content (AvgIpc) is 2.31. The van der Waals surface area contributed by atoms with Crippen molar-refractivity contribution in [3.63, 3.8) is 0 Å². The van der Waals surface area contributed by atoms with Gasteiger partial charge in [-0.1, -0.05) is 23.2 Å². The van der Waals surface area contributed by atoms with E-state index >= 15 is 0 Å². The number of hydrogen-bond donors (Lipinski definition) is 5. The van der Waals surface area contributed by atoms with Crippen LogP contribution in [0.15, 0.2) is 17.2 Å². The summed E-state index contributed by atoms with van der Waals surface area (Å²) < 4.78 is 0. The molecule has 0 aliphatic carbocycles. The van der Waals surface area contributed by atoms with E-state index in [9.17, 15) is 0 Å². The molecule has 0 spiro atoms. The van der Waals surface area contributed by atoms with Crippen molar-refractivity contribution in [3.05, 3.63) is 22.2 Å². The van der Waals surface area contributed by atoms with Crippen LogP contribution in [-0.2, 0) is 0 Å². The Morgan fingerprint density at radius 1 is 1.42 bits per heavy atom. The van der Waals surface area contributed by atoms with Crippen LogP contribution < -0.4 is 16.6 Å². The lowest BCUT2D eigenvalue weighted by Gasteiger charge is -2.09. The van der Waals surface area contributed by atoms with Crippen molar-refractivity contribution in [2.24, 2.45) is 10.8 Å². The molecule has 0 saturated heterocycles. The number of amidine groups is 1. The molecule has 0 radical (unpaired) electrons. The highest BCUT2D eigenvalue weighted by Crippen LogP contribution is 2.24. The van der Waals surface area contributed by atoms with Crippen molar-refractivity contribution in [3.8, 4) is 6.07 Å². The van der Waals surface area contributed by atoms with Crippen LogP contribution in [0.4, 0.5) is 5.69 Å². The van der Waals surface area contributed by atoms with Crippen molar-refractivity contribution in [1.29, 1.82) is 10.7 Å². The van der Waals surface area contributed by atoms with E-state index < -0.39 is 13.0 Å². The van der Waals surface area contributed by atoms with Gasteiger partial charge in [0, 0.05) is 10.5 Å². The lowest BCUT2D eigenvalue weighted by Crippen LogP contribution is -2.31. The van der Waals surface area contributed by atoms with Gasteiger partial charge in [-0.15, -0.1) is 0 Å². The fraction of sp³-hybridized carbons (Fsp3) is 0. The van der Waals surface area contributed by atoms with E-state index in [2.05, 4.69) is 10.5 Å². The number of benzene rings is 1. The van der Waals surface area contributed by atoms with Crippen molar-refractivity contribution in [2.75, 3.05) is 5.43 Å². The molecule has 0 saturated carbocycles. The number of nitrogens with two attached hydrogens (primary N) is 1. The van der Waals surface area contributed by atoms with Gasteiger partial charge in [0.2, 0.25) is 5.71 Å². The van der Waals surface area contributed by atoms with Gasteiger partial charge in [-0.2, -0.15) is 10.4 Å². The Balaban J connectivity index is 3.12. The fourth-order valence-corrected chi connectivity index (χ4v) is 1.63. The first-order valence-electron chi connectivity index (χ1n) is 4.80. The highest BCUT2D eigenvalue weighted by atomic mass is 35.5. The summed E-state index contributed by atoms with van der Waals surface area (Å²) in [4.78, 5) is 0. The fourth-order valence-electron chi connectivity index (χ4n) is 1.11. The monoisotopic (exact) mass is 299 g/mol. The summed E-state index contributed by atoms with van der Waals surface area (Å²) in [5.74, 6) is -0.512. The van der Waals surface area contributed by atoms with Gasteiger partial charge < -0.3 is 15.8 Å². The molecule has 0 bridgehead atoms. The largest absolute Gasteiger partial charge is 0.490 e. The predicted octanol–water partition coefficient (Wildman–Crippen LogP) is -0.0993. The minimum absolute atomic E-state index is 0.0186. The van der Waals surface area contributed by atoms with Gasteiger partial charge in [-0.3, -0.25) is 10.8 Å². The van der Waals surface area contributed by atoms with Gasteiger partial charge in [-0.25, -0.2) is 0 Å². The van der Waals surface area contributed by atoms with E-state index in [-0.39, 0.29) is 26.9 Å². The Morgan fingerprint density at radius 2 is 2.05 bits per heavy atom. The molecular weight excluding hydrogens is 292 g/mol. The molecule has 0 fully saturated rings. The predicted molar refractivity (Wildman–Crippen MR) is 74.9 cm³/mol. The number of hydrazone groups is 1. The third-order valence-corrected chi connectivity index (χ3v) is 2.65. The van der Waals surface area contributed by atoms with Crippen LogP contribution in [0.2, 0.25) is 10.0 Å². The number of anilines is 1. The van der Waals surface area contributed by atoms with E-state index in [0.717, 1.165) is 0 Å². The number of halogens is 2. The first-order valence-corrected chi connectivity index (χ1v) is 5.55. The minimum atomic E-state index is -1.78. The zero-order valence-corrected chi connectivity index (χ0v) is 10.9. The van der Waals surface area contributed by atoms with E-state index in [1.165, 1.54) is 12.1 Å². The van der Waals surface area contributed by atoms with Gasteiger partial charge in [-0.05, 0) is 12.1 Å². The highest BCUT2D eigenvalue weighted by molar-refractivity contribution is 6.63. The maximum atomic E-state index is 9.09. The van der Waals surface area contributed by atoms with Crippen LogP contribution in [0, 0.1) is 16.7 Å². The van der Waals surface area contributed by atoms with Crippen LogP contribution in [0.5, 0.6) is 0 Å². The van der Waals surface area contributed by atoms with Gasteiger partial charge in [0.1, 0.15) is 6.07 Å². The smallest absolute Gasteiger partial charge is 0.423 e. The first-order chi connectivity index (χ1) is 8.86. The molecule has 19 heavy (non-hydrogen) atoms. The maximum absolute atomic E-state index is 9.09. The third kappa shape index (κ3) is 3.84. The van der Waals surface area contributed by atoms with Crippen LogP contribution in [0.3, 0.4) is 0 Å². The molecule has 0 unspecified atom stereocenters. The first kappa shape index (κ1) is 15.3. The number of hydrogen-bond acceptors (Lipinski definition) is 6. The molecule has 1 rings (SSSR count). The molecule has 0 heterocycles. The minimum Gasteiger partial charge on any atom is -0.423 e. The van der Waals surface area contributed by atoms with E-state index in [1.807, 2.05) is 0 Å². The highest BCUT2D eigenvalue weighted by Gasteiger charge is 2.17. The molecule has 7 nitrogen and oxygen atoms in total. The summed E-state index contributed by atoms with van der Waals surface area (Å²) in [7, 11) is -1.78. The lowest BCUT2D eigenvalue weighted by atomic mass is 9.80. The molecule has 0 aliphatic heterocycles. The quantitative estimate of drug-likeness (QED) is 0.229.